The highest BCUT2D eigenvalue weighted by Gasteiger charge is 2.37. The first-order valence-electron chi connectivity index (χ1n) is 4.25. The molecule has 2 rings (SSSR count). The molecule has 11 heavy (non-hydrogen) atoms. The molecule has 3 heteroatoms. The van der Waals surface area contributed by atoms with Gasteiger partial charge in [0.2, 0.25) is 0 Å². The Balaban J connectivity index is 2.08. The molecule has 0 aromatic carbocycles. The van der Waals surface area contributed by atoms with Gasteiger partial charge >= 0.3 is 7.12 Å². The molecule has 0 bridgehead atoms. The maximum atomic E-state index is 5.56. The average molecular weight is 152 g/mol. The fraction of sp³-hybridized carbons (Fsp3) is 0.750. The van der Waals surface area contributed by atoms with Crippen molar-refractivity contribution in [2.45, 2.75) is 32.4 Å². The summed E-state index contributed by atoms with van der Waals surface area (Å²) in [5, 5.41) is 0. The van der Waals surface area contributed by atoms with Gasteiger partial charge in [-0.15, -0.1) is 0 Å². The number of hydrogen-bond donors (Lipinski definition) is 0. The van der Waals surface area contributed by atoms with Gasteiger partial charge in [-0.3, -0.25) is 0 Å². The lowest BCUT2D eigenvalue weighted by Gasteiger charge is -2.22. The highest BCUT2D eigenvalue weighted by Crippen LogP contribution is 2.28. The van der Waals surface area contributed by atoms with Crippen LogP contribution in [0.15, 0.2) is 12.2 Å². The molecule has 0 spiro atoms. The van der Waals surface area contributed by atoms with Crippen LogP contribution >= 0.6 is 0 Å². The molecule has 1 fully saturated rings. The third-order valence-corrected chi connectivity index (χ3v) is 2.32. The summed E-state index contributed by atoms with van der Waals surface area (Å²) in [6.07, 6.45) is 5.97. The smallest absolute Gasteiger partial charge is 0.405 e. The van der Waals surface area contributed by atoms with E-state index in [2.05, 4.69) is 19.1 Å². The van der Waals surface area contributed by atoms with Gasteiger partial charge < -0.3 is 9.31 Å². The van der Waals surface area contributed by atoms with Crippen LogP contribution in [0.3, 0.4) is 0 Å². The molecule has 1 aliphatic carbocycles. The van der Waals surface area contributed by atoms with Crippen molar-refractivity contribution in [1.29, 1.82) is 0 Å². The van der Waals surface area contributed by atoms with Crippen molar-refractivity contribution in [2.24, 2.45) is 5.92 Å². The normalized spacial score (nSPS) is 42.7. The van der Waals surface area contributed by atoms with Crippen LogP contribution in [-0.2, 0) is 9.31 Å². The van der Waals surface area contributed by atoms with Crippen LogP contribution in [0.25, 0.3) is 0 Å². The highest BCUT2D eigenvalue weighted by molar-refractivity contribution is 6.43. The van der Waals surface area contributed by atoms with E-state index in [1.54, 1.807) is 0 Å². The Labute approximate surface area is 67.7 Å². The molecule has 0 saturated carbocycles. The van der Waals surface area contributed by atoms with Crippen molar-refractivity contribution in [1.82, 2.24) is 0 Å². The Morgan fingerprint density at radius 1 is 1.36 bits per heavy atom. The van der Waals surface area contributed by atoms with E-state index < -0.39 is 0 Å². The van der Waals surface area contributed by atoms with Crippen LogP contribution in [0.4, 0.5) is 0 Å². The predicted octanol–water partition coefficient (Wildman–Crippen LogP) is 1.48. The minimum absolute atomic E-state index is 0.0139. The maximum Gasteiger partial charge on any atom is 0.454 e. The molecule has 1 heterocycles. The molecule has 2 aliphatic rings. The average Bonchev–Trinajstić information content (AvgIpc) is 2.27. The molecule has 2 nitrogen and oxygen atoms in total. The van der Waals surface area contributed by atoms with E-state index >= 15 is 0 Å². The summed E-state index contributed by atoms with van der Waals surface area (Å²) >= 11 is 0. The topological polar surface area (TPSA) is 18.5 Å². The second-order valence-corrected chi connectivity index (χ2v) is 3.44. The molecule has 0 amide bonds. The van der Waals surface area contributed by atoms with E-state index in [1.807, 2.05) is 6.82 Å². The molecule has 0 N–H and O–H groups in total. The monoisotopic (exact) mass is 152 g/mol. The van der Waals surface area contributed by atoms with Crippen LogP contribution in [-0.4, -0.2) is 19.3 Å². The zero-order valence-electron chi connectivity index (χ0n) is 6.99. The fourth-order valence-electron chi connectivity index (χ4n) is 1.77. The van der Waals surface area contributed by atoms with Gasteiger partial charge in [0, 0.05) is 0 Å². The Morgan fingerprint density at radius 3 is 3.00 bits per heavy atom. The third-order valence-electron chi connectivity index (χ3n) is 2.32. The van der Waals surface area contributed by atoms with Gasteiger partial charge in [-0.2, -0.15) is 0 Å². The molecule has 0 aromatic rings. The van der Waals surface area contributed by atoms with E-state index in [9.17, 15) is 0 Å². The molecule has 1 aliphatic heterocycles. The summed E-state index contributed by atoms with van der Waals surface area (Å²) in [6, 6.07) is 0. The van der Waals surface area contributed by atoms with Crippen LogP contribution in [0, 0.1) is 5.92 Å². The van der Waals surface area contributed by atoms with Crippen LogP contribution in [0.2, 0.25) is 6.82 Å². The van der Waals surface area contributed by atoms with E-state index in [4.69, 9.17) is 9.31 Å². The maximum absolute atomic E-state index is 5.56. The lowest BCUT2D eigenvalue weighted by atomic mass is 9.93. The molecule has 0 aromatic heterocycles. The Morgan fingerprint density at radius 2 is 2.18 bits per heavy atom. The van der Waals surface area contributed by atoms with E-state index in [-0.39, 0.29) is 13.2 Å². The van der Waals surface area contributed by atoms with E-state index in [1.165, 1.54) is 0 Å². The predicted molar refractivity (Wildman–Crippen MR) is 44.3 cm³/mol. The summed E-state index contributed by atoms with van der Waals surface area (Å²) in [6.45, 7) is 4.16. The molecule has 3 atom stereocenters. The van der Waals surface area contributed by atoms with Crippen molar-refractivity contribution >= 4 is 7.12 Å². The summed E-state index contributed by atoms with van der Waals surface area (Å²) in [5.41, 5.74) is 0. The second kappa shape index (κ2) is 2.65. The summed E-state index contributed by atoms with van der Waals surface area (Å²) in [7, 11) is -0.0139. The quantitative estimate of drug-likeness (QED) is 0.386. The van der Waals surface area contributed by atoms with Crippen molar-refractivity contribution in [3.8, 4) is 0 Å². The Hall–Kier alpha value is -0.275. The Kier molecular flexibility index (Phi) is 1.78. The fourth-order valence-corrected chi connectivity index (χ4v) is 1.77. The number of rotatable bonds is 0. The largest absolute Gasteiger partial charge is 0.454 e. The SMILES string of the molecule is CB1OC2C=CC(C)CC2O1. The van der Waals surface area contributed by atoms with Gasteiger partial charge in [0.1, 0.15) is 0 Å². The summed E-state index contributed by atoms with van der Waals surface area (Å²) < 4.78 is 11.1. The van der Waals surface area contributed by atoms with E-state index in [0.717, 1.165) is 6.42 Å². The van der Waals surface area contributed by atoms with Crippen LogP contribution in [0.1, 0.15) is 13.3 Å². The first-order valence-corrected chi connectivity index (χ1v) is 4.25. The first kappa shape index (κ1) is 7.38. The molecular weight excluding hydrogens is 139 g/mol. The summed E-state index contributed by atoms with van der Waals surface area (Å²) in [4.78, 5) is 0. The zero-order valence-corrected chi connectivity index (χ0v) is 6.99. The highest BCUT2D eigenvalue weighted by atomic mass is 16.7. The number of allylic oxidation sites excluding steroid dienone is 1. The first-order chi connectivity index (χ1) is 5.25. The number of hydrogen-bond acceptors (Lipinski definition) is 2. The van der Waals surface area contributed by atoms with Crippen molar-refractivity contribution in [2.75, 3.05) is 0 Å². The standard InChI is InChI=1S/C8H13BO2/c1-6-3-4-7-8(5-6)11-9(2)10-7/h3-4,6-8H,5H2,1-2H3. The van der Waals surface area contributed by atoms with Crippen molar-refractivity contribution in [3.05, 3.63) is 12.2 Å². The second-order valence-electron chi connectivity index (χ2n) is 3.44. The van der Waals surface area contributed by atoms with Gasteiger partial charge in [-0.1, -0.05) is 19.1 Å². The van der Waals surface area contributed by atoms with Crippen LogP contribution in [0.5, 0.6) is 0 Å². The van der Waals surface area contributed by atoms with E-state index in [0.29, 0.717) is 12.0 Å². The molecule has 3 unspecified atom stereocenters. The third kappa shape index (κ3) is 1.35. The molecule has 1 saturated heterocycles. The van der Waals surface area contributed by atoms with Gasteiger partial charge in [-0.25, -0.2) is 0 Å². The molecule has 60 valence electrons. The van der Waals surface area contributed by atoms with Crippen LogP contribution < -0.4 is 0 Å². The minimum Gasteiger partial charge on any atom is -0.405 e. The van der Waals surface area contributed by atoms with Gasteiger partial charge in [0.05, 0.1) is 12.2 Å². The zero-order chi connectivity index (χ0) is 7.84. The molecule has 0 radical (unpaired) electrons. The van der Waals surface area contributed by atoms with Gasteiger partial charge in [0.15, 0.2) is 0 Å². The number of fused-ring (bicyclic) bond motifs is 1. The summed E-state index contributed by atoms with van der Waals surface area (Å²) in [5.74, 6) is 0.644. The lowest BCUT2D eigenvalue weighted by molar-refractivity contribution is 0.159. The Bertz CT molecular complexity index is 181. The van der Waals surface area contributed by atoms with Crippen molar-refractivity contribution in [3.63, 3.8) is 0 Å². The van der Waals surface area contributed by atoms with Crippen molar-refractivity contribution < 1.29 is 9.31 Å². The lowest BCUT2D eigenvalue weighted by Crippen LogP contribution is -2.25. The molecular formula is C8H13BO2. The minimum atomic E-state index is -0.0139. The van der Waals surface area contributed by atoms with Gasteiger partial charge in [-0.05, 0) is 19.2 Å². The van der Waals surface area contributed by atoms with Gasteiger partial charge in [0.25, 0.3) is 0 Å².